The fourth-order valence-corrected chi connectivity index (χ4v) is 3.87. The van der Waals surface area contributed by atoms with E-state index in [2.05, 4.69) is 10.4 Å². The van der Waals surface area contributed by atoms with Crippen molar-refractivity contribution in [3.63, 3.8) is 0 Å². The van der Waals surface area contributed by atoms with Crippen LogP contribution in [0.4, 0.5) is 0 Å². The highest BCUT2D eigenvalue weighted by atomic mass is 35.5. The molecule has 2 saturated heterocycles. The molecule has 2 aromatic rings. The van der Waals surface area contributed by atoms with Crippen LogP contribution in [-0.2, 0) is 0 Å². The summed E-state index contributed by atoms with van der Waals surface area (Å²) in [6.07, 6.45) is 7.20. The first kappa shape index (κ1) is 17.0. The van der Waals surface area contributed by atoms with E-state index < -0.39 is 0 Å². The number of benzene rings is 1. The van der Waals surface area contributed by atoms with Crippen LogP contribution in [0.15, 0.2) is 42.7 Å². The second-order valence-corrected chi connectivity index (χ2v) is 6.76. The molecule has 3 heterocycles. The Kier molecular flexibility index (Phi) is 4.92. The Labute approximate surface area is 148 Å². The van der Waals surface area contributed by atoms with E-state index in [0.717, 1.165) is 43.9 Å². The summed E-state index contributed by atoms with van der Waals surface area (Å²) in [5, 5.41) is 7.73. The first-order valence-corrected chi connectivity index (χ1v) is 8.36. The summed E-state index contributed by atoms with van der Waals surface area (Å²) in [6.45, 7) is 3.91. The number of piperidine rings is 1. The minimum absolute atomic E-state index is 0. The zero-order valence-corrected chi connectivity index (χ0v) is 14.5. The van der Waals surface area contributed by atoms with Gasteiger partial charge in [-0.05, 0) is 50.1 Å². The van der Waals surface area contributed by atoms with Gasteiger partial charge in [-0.3, -0.25) is 4.79 Å². The number of carbonyl (C=O) groups excluding carboxylic acids is 1. The van der Waals surface area contributed by atoms with Gasteiger partial charge in [0.25, 0.3) is 5.91 Å². The molecule has 128 valence electrons. The van der Waals surface area contributed by atoms with Gasteiger partial charge in [-0.25, -0.2) is 4.68 Å². The van der Waals surface area contributed by atoms with E-state index in [9.17, 15) is 4.79 Å². The van der Waals surface area contributed by atoms with Gasteiger partial charge in [0.2, 0.25) is 0 Å². The van der Waals surface area contributed by atoms with Gasteiger partial charge >= 0.3 is 0 Å². The van der Waals surface area contributed by atoms with Crippen molar-refractivity contribution >= 4 is 18.3 Å². The number of aromatic nitrogens is 2. The van der Waals surface area contributed by atoms with Crippen molar-refractivity contribution in [2.45, 2.75) is 19.3 Å². The highest BCUT2D eigenvalue weighted by Crippen LogP contribution is 2.36. The number of rotatable bonds is 2. The topological polar surface area (TPSA) is 50.2 Å². The smallest absolute Gasteiger partial charge is 0.253 e. The second-order valence-electron chi connectivity index (χ2n) is 6.76. The Bertz CT molecular complexity index is 695. The summed E-state index contributed by atoms with van der Waals surface area (Å²) in [6, 6.07) is 9.62. The molecule has 4 rings (SSSR count). The molecule has 6 heteroatoms. The quantitative estimate of drug-likeness (QED) is 0.909. The first-order valence-electron chi connectivity index (χ1n) is 8.36. The van der Waals surface area contributed by atoms with E-state index >= 15 is 0 Å². The number of nitrogens with zero attached hydrogens (tertiary/aromatic N) is 3. The van der Waals surface area contributed by atoms with Crippen molar-refractivity contribution in [2.75, 3.05) is 26.2 Å². The van der Waals surface area contributed by atoms with E-state index in [-0.39, 0.29) is 18.3 Å². The van der Waals surface area contributed by atoms with Crippen LogP contribution in [0.25, 0.3) is 5.69 Å². The maximum atomic E-state index is 12.9. The number of likely N-dealkylation sites (tertiary alicyclic amines) is 1. The van der Waals surface area contributed by atoms with E-state index in [1.165, 1.54) is 12.8 Å². The number of hydrogen-bond acceptors (Lipinski definition) is 3. The Morgan fingerprint density at radius 3 is 2.92 bits per heavy atom. The van der Waals surface area contributed by atoms with Crippen LogP contribution in [-0.4, -0.2) is 46.8 Å². The number of halogens is 1. The van der Waals surface area contributed by atoms with E-state index in [1.54, 1.807) is 10.9 Å². The fourth-order valence-electron chi connectivity index (χ4n) is 3.87. The molecule has 24 heavy (non-hydrogen) atoms. The zero-order valence-electron chi connectivity index (χ0n) is 13.6. The van der Waals surface area contributed by atoms with Crippen LogP contribution < -0.4 is 5.32 Å². The maximum absolute atomic E-state index is 12.9. The molecule has 1 aromatic heterocycles. The Morgan fingerprint density at radius 1 is 1.25 bits per heavy atom. The predicted octanol–water partition coefficient (Wildman–Crippen LogP) is 2.51. The molecule has 1 unspecified atom stereocenters. The normalized spacial score (nSPS) is 23.2. The number of nitrogens with one attached hydrogen (secondary N) is 1. The van der Waals surface area contributed by atoms with Crippen LogP contribution in [0.2, 0.25) is 0 Å². The molecule has 1 spiro atoms. The maximum Gasteiger partial charge on any atom is 0.253 e. The molecule has 1 aromatic carbocycles. The lowest BCUT2D eigenvalue weighted by Crippen LogP contribution is -2.42. The average molecular weight is 347 g/mol. The van der Waals surface area contributed by atoms with Crippen molar-refractivity contribution in [3.05, 3.63) is 48.3 Å². The highest BCUT2D eigenvalue weighted by molar-refractivity contribution is 5.95. The van der Waals surface area contributed by atoms with Crippen molar-refractivity contribution in [1.82, 2.24) is 20.0 Å². The first-order chi connectivity index (χ1) is 11.3. The molecule has 2 aliphatic heterocycles. The number of carbonyl (C=O) groups is 1. The minimum atomic E-state index is 0. The summed E-state index contributed by atoms with van der Waals surface area (Å²) in [5.41, 5.74) is 1.97. The summed E-state index contributed by atoms with van der Waals surface area (Å²) in [4.78, 5) is 14.9. The summed E-state index contributed by atoms with van der Waals surface area (Å²) >= 11 is 0. The molecular weight excluding hydrogens is 324 g/mol. The minimum Gasteiger partial charge on any atom is -0.338 e. The average Bonchev–Trinajstić information content (AvgIpc) is 3.26. The Morgan fingerprint density at radius 2 is 2.17 bits per heavy atom. The van der Waals surface area contributed by atoms with Crippen molar-refractivity contribution < 1.29 is 4.79 Å². The Balaban J connectivity index is 0.00000169. The van der Waals surface area contributed by atoms with E-state index in [1.807, 2.05) is 41.4 Å². The largest absolute Gasteiger partial charge is 0.338 e. The van der Waals surface area contributed by atoms with Gasteiger partial charge in [0.05, 0.1) is 5.69 Å². The van der Waals surface area contributed by atoms with Gasteiger partial charge in [0.1, 0.15) is 0 Å². The lowest BCUT2D eigenvalue weighted by atomic mass is 9.80. The van der Waals surface area contributed by atoms with Gasteiger partial charge in [-0.15, -0.1) is 12.4 Å². The van der Waals surface area contributed by atoms with Gasteiger partial charge in [-0.1, -0.05) is 6.07 Å². The van der Waals surface area contributed by atoms with Crippen LogP contribution in [0.3, 0.4) is 0 Å². The number of hydrogen-bond donors (Lipinski definition) is 1. The van der Waals surface area contributed by atoms with E-state index in [0.29, 0.717) is 5.41 Å². The third-order valence-electron chi connectivity index (χ3n) is 5.15. The van der Waals surface area contributed by atoms with Crippen LogP contribution >= 0.6 is 12.4 Å². The van der Waals surface area contributed by atoms with Gasteiger partial charge in [0, 0.05) is 43.0 Å². The van der Waals surface area contributed by atoms with Crippen molar-refractivity contribution in [1.29, 1.82) is 0 Å². The third kappa shape index (κ3) is 3.19. The summed E-state index contributed by atoms with van der Waals surface area (Å²) in [7, 11) is 0. The Hall–Kier alpha value is -1.85. The molecule has 0 bridgehead atoms. The third-order valence-corrected chi connectivity index (χ3v) is 5.15. The lowest BCUT2D eigenvalue weighted by molar-refractivity contribution is 0.0764. The molecule has 0 radical (unpaired) electrons. The molecule has 1 N–H and O–H groups in total. The monoisotopic (exact) mass is 346 g/mol. The lowest BCUT2D eigenvalue weighted by Gasteiger charge is -2.33. The van der Waals surface area contributed by atoms with Crippen LogP contribution in [0.5, 0.6) is 0 Å². The summed E-state index contributed by atoms with van der Waals surface area (Å²) in [5.74, 6) is 0.140. The fraction of sp³-hybridized carbons (Fsp3) is 0.444. The SMILES string of the molecule is Cl.O=C(c1cccc(-n2cccn2)c1)N1CCC2(CCCNC2)C1. The molecular formula is C18H23ClN4O. The second kappa shape index (κ2) is 6.95. The molecule has 5 nitrogen and oxygen atoms in total. The molecule has 1 atom stereocenters. The van der Waals surface area contributed by atoms with E-state index in [4.69, 9.17) is 0 Å². The highest BCUT2D eigenvalue weighted by Gasteiger charge is 2.40. The summed E-state index contributed by atoms with van der Waals surface area (Å²) < 4.78 is 1.79. The molecule has 2 aliphatic rings. The molecule has 0 saturated carbocycles. The molecule has 0 aliphatic carbocycles. The predicted molar refractivity (Wildman–Crippen MR) is 95.9 cm³/mol. The number of amides is 1. The van der Waals surface area contributed by atoms with Crippen LogP contribution in [0, 0.1) is 5.41 Å². The van der Waals surface area contributed by atoms with Gasteiger partial charge < -0.3 is 10.2 Å². The zero-order chi connectivity index (χ0) is 15.7. The van der Waals surface area contributed by atoms with Gasteiger partial charge in [0.15, 0.2) is 0 Å². The van der Waals surface area contributed by atoms with Crippen molar-refractivity contribution in [3.8, 4) is 5.69 Å². The van der Waals surface area contributed by atoms with Crippen molar-refractivity contribution in [2.24, 2.45) is 5.41 Å². The molecule has 2 fully saturated rings. The van der Waals surface area contributed by atoms with Gasteiger partial charge in [-0.2, -0.15) is 5.10 Å². The standard InChI is InChI=1S/C18H22N4O.ClH/c23-17(21-11-7-18(14-21)6-2-8-19-13-18)15-4-1-5-16(12-15)22-10-3-9-20-22;/h1,3-5,9-10,12,19H,2,6-8,11,13-14H2;1H. The molecule has 1 amide bonds. The van der Waals surface area contributed by atoms with Crippen LogP contribution in [0.1, 0.15) is 29.6 Å².